The molecule has 2 aliphatic rings. The highest BCUT2D eigenvalue weighted by atomic mass is 16.4. The zero-order valence-corrected chi connectivity index (χ0v) is 24.2. The van der Waals surface area contributed by atoms with E-state index in [1.54, 1.807) is 25.3 Å². The van der Waals surface area contributed by atoms with E-state index in [9.17, 15) is 24.6 Å². The van der Waals surface area contributed by atoms with Crippen molar-refractivity contribution in [2.24, 2.45) is 0 Å². The van der Waals surface area contributed by atoms with E-state index in [-0.39, 0.29) is 49.6 Å². The number of hydrogen-bond acceptors (Lipinski definition) is 5. The number of hydrogen-bond donors (Lipinski definition) is 2. The van der Waals surface area contributed by atoms with Gasteiger partial charge in [0.1, 0.15) is 0 Å². The van der Waals surface area contributed by atoms with Gasteiger partial charge in [-0.2, -0.15) is 0 Å². The van der Waals surface area contributed by atoms with Crippen molar-refractivity contribution in [1.29, 1.82) is 0 Å². The predicted octanol–water partition coefficient (Wildman–Crippen LogP) is 3.92. The summed E-state index contributed by atoms with van der Waals surface area (Å²) in [5.74, 6) is -0.426. The first-order valence-corrected chi connectivity index (χ1v) is 14.6. The summed E-state index contributed by atoms with van der Waals surface area (Å²) in [6.45, 7) is 0.656. The summed E-state index contributed by atoms with van der Waals surface area (Å²) < 4.78 is 1.89. The third kappa shape index (κ3) is 6.04. The Morgan fingerprint density at radius 2 is 1.69 bits per heavy atom. The van der Waals surface area contributed by atoms with Gasteiger partial charge in [0, 0.05) is 39.3 Å². The number of carbonyl (C=O) groups is 3. The molecule has 3 aromatic rings. The first-order valence-electron chi connectivity index (χ1n) is 14.6. The molecule has 0 radical (unpaired) electrons. The summed E-state index contributed by atoms with van der Waals surface area (Å²) in [4.78, 5) is 48.2. The lowest BCUT2D eigenvalue weighted by Gasteiger charge is -2.42. The van der Waals surface area contributed by atoms with Crippen molar-refractivity contribution in [1.82, 2.24) is 24.3 Å². The quantitative estimate of drug-likeness (QED) is 0.442. The summed E-state index contributed by atoms with van der Waals surface area (Å²) in [6.07, 6.45) is 3.93. The Balaban J connectivity index is 1.54. The number of aromatic nitrogens is 2. The third-order valence-corrected chi connectivity index (χ3v) is 8.62. The number of imidazole rings is 1. The topological polar surface area (TPSA) is 119 Å². The lowest BCUT2D eigenvalue weighted by atomic mass is 9.77. The van der Waals surface area contributed by atoms with Crippen LogP contribution >= 0.6 is 0 Å². The molecule has 10 nitrogen and oxygen atoms in total. The number of aliphatic hydroxyl groups is 1. The van der Waals surface area contributed by atoms with Gasteiger partial charge in [-0.15, -0.1) is 0 Å². The summed E-state index contributed by atoms with van der Waals surface area (Å²) in [5.41, 5.74) is 1.37. The van der Waals surface area contributed by atoms with E-state index in [1.165, 1.54) is 9.80 Å². The van der Waals surface area contributed by atoms with Crippen LogP contribution in [0.3, 0.4) is 0 Å². The van der Waals surface area contributed by atoms with Crippen LogP contribution in [0, 0.1) is 0 Å². The van der Waals surface area contributed by atoms with Crippen LogP contribution in [-0.4, -0.2) is 97.7 Å². The highest BCUT2D eigenvalue weighted by Crippen LogP contribution is 2.43. The van der Waals surface area contributed by atoms with Crippen LogP contribution in [0.5, 0.6) is 0 Å². The SMILES string of the molecule is CN(C)C(=O)CC1(O)CCCC[C@@H]1n1cnc(C(=O)N2CCN(C(=O)O)C[C@H]2Cc2ccccc2)c1-c1ccccc1. The molecule has 2 aromatic carbocycles. The zero-order chi connectivity index (χ0) is 29.9. The van der Waals surface area contributed by atoms with E-state index in [4.69, 9.17) is 0 Å². The second-order valence-electron chi connectivity index (χ2n) is 11.6. The molecule has 1 saturated heterocycles. The first kappa shape index (κ1) is 29.3. The van der Waals surface area contributed by atoms with Gasteiger partial charge in [0.05, 0.1) is 36.1 Å². The fraction of sp³-hybridized carbons (Fsp3) is 0.438. The summed E-state index contributed by atoms with van der Waals surface area (Å²) >= 11 is 0. The normalized spacial score (nSPS) is 22.5. The van der Waals surface area contributed by atoms with Gasteiger partial charge in [-0.05, 0) is 24.8 Å². The van der Waals surface area contributed by atoms with Crippen molar-refractivity contribution in [3.05, 3.63) is 78.2 Å². The maximum Gasteiger partial charge on any atom is 0.407 e. The van der Waals surface area contributed by atoms with Crippen LogP contribution in [0.25, 0.3) is 11.3 Å². The predicted molar refractivity (Wildman–Crippen MR) is 158 cm³/mol. The van der Waals surface area contributed by atoms with Crippen LogP contribution in [0.15, 0.2) is 67.0 Å². The number of rotatable bonds is 7. The molecule has 1 aliphatic heterocycles. The Morgan fingerprint density at radius 3 is 2.36 bits per heavy atom. The third-order valence-electron chi connectivity index (χ3n) is 8.62. The number of benzene rings is 2. The summed E-state index contributed by atoms with van der Waals surface area (Å²) in [7, 11) is 3.37. The molecule has 222 valence electrons. The Hall–Kier alpha value is -4.18. The number of piperazine rings is 1. The Kier molecular flexibility index (Phi) is 8.63. The molecular formula is C32H39N5O5. The molecule has 3 atom stereocenters. The molecule has 5 rings (SSSR count). The van der Waals surface area contributed by atoms with Gasteiger partial charge in [-0.3, -0.25) is 9.59 Å². The van der Waals surface area contributed by atoms with E-state index in [2.05, 4.69) is 4.98 Å². The Bertz CT molecular complexity index is 1410. The molecule has 0 spiro atoms. The minimum absolute atomic E-state index is 0.0172. The highest BCUT2D eigenvalue weighted by Gasteiger charge is 2.44. The number of carbonyl (C=O) groups excluding carboxylic acids is 2. The Labute approximate surface area is 246 Å². The number of carboxylic acid groups (broad SMARTS) is 1. The second kappa shape index (κ2) is 12.4. The number of nitrogens with zero attached hydrogens (tertiary/aromatic N) is 5. The Morgan fingerprint density at radius 1 is 1.00 bits per heavy atom. The standard InChI is InChI=1S/C32H39N5O5/c1-34(2)27(38)20-32(42)16-10-9-15-26(32)37-22-33-28(29(37)24-13-7-4-8-14-24)30(39)36-18-17-35(31(40)41)21-25(36)19-23-11-5-3-6-12-23/h3-8,11-14,22,25-26,42H,9-10,15-21H2,1-2H3,(H,40,41)/t25-,26+,32?/m1/s1. The van der Waals surface area contributed by atoms with Gasteiger partial charge in [0.25, 0.3) is 5.91 Å². The average molecular weight is 574 g/mol. The van der Waals surface area contributed by atoms with Crippen molar-refractivity contribution in [2.45, 2.75) is 56.2 Å². The second-order valence-corrected chi connectivity index (χ2v) is 11.6. The molecule has 10 heteroatoms. The summed E-state index contributed by atoms with van der Waals surface area (Å²) in [5, 5.41) is 21.6. The van der Waals surface area contributed by atoms with Gasteiger partial charge in [0.15, 0.2) is 5.69 Å². The smallest absolute Gasteiger partial charge is 0.407 e. The number of amides is 3. The fourth-order valence-corrected chi connectivity index (χ4v) is 6.36. The van der Waals surface area contributed by atoms with Crippen molar-refractivity contribution >= 4 is 17.9 Å². The van der Waals surface area contributed by atoms with Gasteiger partial charge in [0.2, 0.25) is 5.91 Å². The average Bonchev–Trinajstić information content (AvgIpc) is 3.42. The van der Waals surface area contributed by atoms with Gasteiger partial charge in [-0.1, -0.05) is 73.5 Å². The van der Waals surface area contributed by atoms with Crippen molar-refractivity contribution in [2.75, 3.05) is 33.7 Å². The minimum atomic E-state index is -1.28. The van der Waals surface area contributed by atoms with Crippen molar-refractivity contribution in [3.8, 4) is 11.3 Å². The maximum absolute atomic E-state index is 14.4. The van der Waals surface area contributed by atoms with Crippen LogP contribution < -0.4 is 0 Å². The molecule has 3 amide bonds. The lowest BCUT2D eigenvalue weighted by Crippen LogP contribution is -2.57. The molecule has 42 heavy (non-hydrogen) atoms. The van der Waals surface area contributed by atoms with Crippen molar-refractivity contribution in [3.63, 3.8) is 0 Å². The lowest BCUT2D eigenvalue weighted by molar-refractivity contribution is -0.138. The molecule has 1 unspecified atom stereocenters. The summed E-state index contributed by atoms with van der Waals surface area (Å²) in [6, 6.07) is 18.5. The van der Waals surface area contributed by atoms with E-state index < -0.39 is 17.7 Å². The van der Waals surface area contributed by atoms with E-state index in [0.29, 0.717) is 25.0 Å². The molecule has 2 heterocycles. The van der Waals surface area contributed by atoms with Crippen molar-refractivity contribution < 1.29 is 24.6 Å². The molecule has 0 bridgehead atoms. The van der Waals surface area contributed by atoms with Crippen LogP contribution in [0.2, 0.25) is 0 Å². The van der Waals surface area contributed by atoms with E-state index >= 15 is 0 Å². The van der Waals surface area contributed by atoms with Crippen LogP contribution in [0.1, 0.15) is 54.2 Å². The first-order chi connectivity index (χ1) is 20.2. The molecule has 2 fully saturated rings. The van der Waals surface area contributed by atoms with Gasteiger partial charge in [-0.25, -0.2) is 9.78 Å². The largest absolute Gasteiger partial charge is 0.465 e. The molecule has 1 aromatic heterocycles. The monoisotopic (exact) mass is 573 g/mol. The van der Waals surface area contributed by atoms with Crippen LogP contribution in [0.4, 0.5) is 4.79 Å². The zero-order valence-electron chi connectivity index (χ0n) is 24.2. The highest BCUT2D eigenvalue weighted by molar-refractivity contribution is 5.98. The van der Waals surface area contributed by atoms with E-state index in [1.807, 2.05) is 65.2 Å². The van der Waals surface area contributed by atoms with Gasteiger partial charge < -0.3 is 29.5 Å². The van der Waals surface area contributed by atoms with Crippen LogP contribution in [-0.2, 0) is 11.2 Å². The van der Waals surface area contributed by atoms with E-state index in [0.717, 1.165) is 24.0 Å². The molecular weight excluding hydrogens is 534 g/mol. The molecule has 2 N–H and O–H groups in total. The molecule has 1 aliphatic carbocycles. The fourth-order valence-electron chi connectivity index (χ4n) is 6.36. The minimum Gasteiger partial charge on any atom is -0.465 e. The van der Waals surface area contributed by atoms with Gasteiger partial charge >= 0.3 is 6.09 Å². The molecule has 1 saturated carbocycles. The maximum atomic E-state index is 14.4.